The van der Waals surface area contributed by atoms with Gasteiger partial charge in [0.15, 0.2) is 5.69 Å². The molecule has 1 aromatic carbocycles. The lowest BCUT2D eigenvalue weighted by Crippen LogP contribution is -2.05. The van der Waals surface area contributed by atoms with Gasteiger partial charge >= 0.3 is 6.18 Å². The van der Waals surface area contributed by atoms with Crippen LogP contribution in [0.25, 0.3) is 11.4 Å². The lowest BCUT2D eigenvalue weighted by Gasteiger charge is -2.07. The fourth-order valence-corrected chi connectivity index (χ4v) is 2.58. The second kappa shape index (κ2) is 4.63. The Bertz CT molecular complexity index is 644. The summed E-state index contributed by atoms with van der Waals surface area (Å²) in [7, 11) is 0. The Morgan fingerprint density at radius 1 is 1.30 bits per heavy atom. The van der Waals surface area contributed by atoms with Crippen molar-refractivity contribution in [1.29, 1.82) is 0 Å². The quantitative estimate of drug-likeness (QED) is 0.873. The van der Waals surface area contributed by atoms with E-state index in [2.05, 4.69) is 4.98 Å². The molecule has 0 aliphatic carbocycles. The largest absolute Gasteiger partial charge is 0.434 e. The second-order valence-electron chi connectivity index (χ2n) is 4.94. The Labute approximate surface area is 114 Å². The molecule has 2 N–H and O–H groups in total. The van der Waals surface area contributed by atoms with Crippen LogP contribution in [0.1, 0.15) is 23.2 Å². The van der Waals surface area contributed by atoms with Gasteiger partial charge in [0, 0.05) is 24.8 Å². The molecule has 6 heteroatoms. The van der Waals surface area contributed by atoms with Crippen molar-refractivity contribution in [2.45, 2.75) is 32.1 Å². The van der Waals surface area contributed by atoms with Crippen molar-refractivity contribution in [3.8, 4) is 11.4 Å². The van der Waals surface area contributed by atoms with E-state index < -0.39 is 11.9 Å². The van der Waals surface area contributed by atoms with Crippen molar-refractivity contribution in [3.05, 3.63) is 41.2 Å². The molecule has 0 spiro atoms. The highest BCUT2D eigenvalue weighted by Gasteiger charge is 2.35. The third-order valence-electron chi connectivity index (χ3n) is 3.56. The van der Waals surface area contributed by atoms with E-state index in [1.807, 2.05) is 18.2 Å². The normalized spacial score (nSPS) is 14.6. The topological polar surface area (TPSA) is 43.8 Å². The van der Waals surface area contributed by atoms with Gasteiger partial charge in [-0.1, -0.05) is 18.2 Å². The zero-order valence-electron chi connectivity index (χ0n) is 10.7. The molecule has 0 saturated heterocycles. The Morgan fingerprint density at radius 3 is 2.80 bits per heavy atom. The summed E-state index contributed by atoms with van der Waals surface area (Å²) < 4.78 is 39.9. The zero-order chi connectivity index (χ0) is 14.3. The highest BCUT2D eigenvalue weighted by atomic mass is 19.4. The fraction of sp³-hybridized carbons (Fsp3) is 0.357. The molecule has 20 heavy (non-hydrogen) atoms. The number of aromatic nitrogens is 2. The molecule has 3 rings (SSSR count). The second-order valence-corrected chi connectivity index (χ2v) is 4.94. The summed E-state index contributed by atoms with van der Waals surface area (Å²) in [6.07, 6.45) is -1.69. The number of hydrogen-bond donors (Lipinski definition) is 1. The zero-order valence-corrected chi connectivity index (χ0v) is 10.7. The van der Waals surface area contributed by atoms with Gasteiger partial charge < -0.3 is 10.3 Å². The van der Waals surface area contributed by atoms with Crippen molar-refractivity contribution in [2.24, 2.45) is 5.73 Å². The summed E-state index contributed by atoms with van der Waals surface area (Å²) in [5.41, 5.74) is 7.56. The lowest BCUT2D eigenvalue weighted by atomic mass is 10.0. The maximum atomic E-state index is 12.8. The minimum absolute atomic E-state index is 0.397. The molecule has 3 nitrogen and oxygen atoms in total. The highest BCUT2D eigenvalue weighted by Crippen LogP contribution is 2.34. The standard InChI is InChI=1S/C14H14F3N3/c15-14(16,17)12-8-20-5-1-2-10-6-9(7-18)3-4-11(10)13(20)19-12/h3-4,6,8H,1-2,5,7,18H2. The van der Waals surface area contributed by atoms with Gasteiger partial charge in [0.25, 0.3) is 0 Å². The maximum Gasteiger partial charge on any atom is 0.434 e. The molecular formula is C14H14F3N3. The number of nitrogens with zero attached hydrogens (tertiary/aromatic N) is 2. The first-order valence-corrected chi connectivity index (χ1v) is 6.45. The SMILES string of the molecule is NCc1ccc2c(c1)CCCn1cc(C(F)(F)F)nc1-2. The minimum Gasteiger partial charge on any atom is -0.330 e. The Hall–Kier alpha value is -1.82. The Balaban J connectivity index is 2.14. The van der Waals surface area contributed by atoms with Gasteiger partial charge in [0.05, 0.1) is 0 Å². The first kappa shape index (κ1) is 13.2. The van der Waals surface area contributed by atoms with Crippen LogP contribution in [0.5, 0.6) is 0 Å². The lowest BCUT2D eigenvalue weighted by molar-refractivity contribution is -0.140. The fourth-order valence-electron chi connectivity index (χ4n) is 2.58. The molecule has 2 aromatic rings. The molecule has 0 saturated carbocycles. The van der Waals surface area contributed by atoms with Gasteiger partial charge in [0.1, 0.15) is 5.82 Å². The van der Waals surface area contributed by atoms with Crippen LogP contribution in [0.3, 0.4) is 0 Å². The molecule has 106 valence electrons. The predicted molar refractivity (Wildman–Crippen MR) is 68.9 cm³/mol. The van der Waals surface area contributed by atoms with Crippen LogP contribution in [0.4, 0.5) is 13.2 Å². The van der Waals surface area contributed by atoms with Crippen LogP contribution in [0.2, 0.25) is 0 Å². The molecule has 0 bridgehead atoms. The average molecular weight is 281 g/mol. The van der Waals surface area contributed by atoms with Crippen LogP contribution in [-0.4, -0.2) is 9.55 Å². The van der Waals surface area contributed by atoms with Crippen LogP contribution in [-0.2, 0) is 25.7 Å². The smallest absolute Gasteiger partial charge is 0.330 e. The van der Waals surface area contributed by atoms with E-state index >= 15 is 0 Å². The summed E-state index contributed by atoms with van der Waals surface area (Å²) in [6.45, 7) is 0.973. The first-order valence-electron chi connectivity index (χ1n) is 6.45. The number of halogens is 3. The molecule has 1 aliphatic heterocycles. The Kier molecular flexibility index (Phi) is 3.05. The third kappa shape index (κ3) is 2.20. The van der Waals surface area contributed by atoms with Crippen LogP contribution >= 0.6 is 0 Å². The van der Waals surface area contributed by atoms with Crippen molar-refractivity contribution in [3.63, 3.8) is 0 Å². The van der Waals surface area contributed by atoms with Gasteiger partial charge in [-0.3, -0.25) is 0 Å². The van der Waals surface area contributed by atoms with E-state index in [9.17, 15) is 13.2 Å². The predicted octanol–water partition coefficient (Wildman–Crippen LogP) is 2.97. The number of nitrogens with two attached hydrogens (primary N) is 1. The summed E-state index contributed by atoms with van der Waals surface area (Å²) >= 11 is 0. The molecule has 1 aromatic heterocycles. The van der Waals surface area contributed by atoms with E-state index in [1.165, 1.54) is 0 Å². The van der Waals surface area contributed by atoms with E-state index in [4.69, 9.17) is 5.73 Å². The van der Waals surface area contributed by atoms with Crippen molar-refractivity contribution < 1.29 is 13.2 Å². The third-order valence-corrected chi connectivity index (χ3v) is 3.56. The minimum atomic E-state index is -4.41. The van der Waals surface area contributed by atoms with Gasteiger partial charge in [-0.15, -0.1) is 0 Å². The molecule has 1 aliphatic rings. The van der Waals surface area contributed by atoms with E-state index in [0.29, 0.717) is 18.9 Å². The summed E-state index contributed by atoms with van der Waals surface area (Å²) in [4.78, 5) is 3.79. The van der Waals surface area contributed by atoms with Gasteiger partial charge in [-0.25, -0.2) is 4.98 Å². The molecule has 0 fully saturated rings. The van der Waals surface area contributed by atoms with Crippen molar-refractivity contribution in [2.75, 3.05) is 0 Å². The maximum absolute atomic E-state index is 12.8. The van der Waals surface area contributed by atoms with Crippen LogP contribution in [0.15, 0.2) is 24.4 Å². The average Bonchev–Trinajstić information content (AvgIpc) is 2.76. The number of benzene rings is 1. The van der Waals surface area contributed by atoms with Crippen LogP contribution < -0.4 is 5.73 Å². The molecule has 0 atom stereocenters. The van der Waals surface area contributed by atoms with Gasteiger partial charge in [0.2, 0.25) is 0 Å². The highest BCUT2D eigenvalue weighted by molar-refractivity contribution is 5.63. The number of rotatable bonds is 1. The first-order chi connectivity index (χ1) is 9.49. The number of hydrogen-bond acceptors (Lipinski definition) is 2. The summed E-state index contributed by atoms with van der Waals surface area (Å²) in [5.74, 6) is 0.397. The molecule has 0 unspecified atom stereocenters. The monoisotopic (exact) mass is 281 g/mol. The van der Waals surface area contributed by atoms with Crippen LogP contribution in [0, 0.1) is 0 Å². The van der Waals surface area contributed by atoms with E-state index in [-0.39, 0.29) is 0 Å². The number of fused-ring (bicyclic) bond motifs is 3. The summed E-state index contributed by atoms with van der Waals surface area (Å²) in [5, 5.41) is 0. The van der Waals surface area contributed by atoms with E-state index in [0.717, 1.165) is 35.7 Å². The molecular weight excluding hydrogens is 267 g/mol. The molecule has 2 heterocycles. The number of imidazole rings is 1. The van der Waals surface area contributed by atoms with E-state index in [1.54, 1.807) is 4.57 Å². The van der Waals surface area contributed by atoms with Gasteiger partial charge in [-0.2, -0.15) is 13.2 Å². The Morgan fingerprint density at radius 2 is 2.10 bits per heavy atom. The van der Waals surface area contributed by atoms with Crippen molar-refractivity contribution in [1.82, 2.24) is 9.55 Å². The number of alkyl halides is 3. The van der Waals surface area contributed by atoms with Gasteiger partial charge in [-0.05, 0) is 24.0 Å². The van der Waals surface area contributed by atoms with Crippen molar-refractivity contribution >= 4 is 0 Å². The molecule has 0 radical (unpaired) electrons. The number of aryl methyl sites for hydroxylation is 2. The summed E-state index contributed by atoms with van der Waals surface area (Å²) in [6, 6.07) is 5.63. The molecule has 0 amide bonds.